The van der Waals surface area contributed by atoms with E-state index in [1.54, 1.807) is 19.1 Å². The topological polar surface area (TPSA) is 233 Å². The lowest BCUT2D eigenvalue weighted by atomic mass is 9.78. The van der Waals surface area contributed by atoms with E-state index >= 15 is 0 Å². The molecule has 0 aromatic heterocycles. The van der Waals surface area contributed by atoms with Crippen LogP contribution in [-0.2, 0) is 67.6 Å². The molecule has 13 atom stereocenters. The third kappa shape index (κ3) is 26.0. The first-order valence-electron chi connectivity index (χ1n) is 37.6. The molecule has 3 aliphatic rings. The van der Waals surface area contributed by atoms with Gasteiger partial charge in [-0.25, -0.2) is 0 Å². The Morgan fingerprint density at radius 2 is 1.03 bits per heavy atom. The first-order chi connectivity index (χ1) is 47.7. The van der Waals surface area contributed by atoms with E-state index in [-0.39, 0.29) is 105 Å². The Hall–Kier alpha value is -6.25. The zero-order valence-corrected chi connectivity index (χ0v) is 61.8. The third-order valence-corrected chi connectivity index (χ3v) is 21.2. The maximum Gasteiger partial charge on any atom is 0.306 e. The van der Waals surface area contributed by atoms with E-state index in [1.165, 1.54) is 6.92 Å². The molecule has 19 heteroatoms. The summed E-state index contributed by atoms with van der Waals surface area (Å²) in [6, 6.07) is 24.3. The summed E-state index contributed by atoms with van der Waals surface area (Å²) >= 11 is 0. The fraction of sp³-hybridized carbons (Fsp3) is 0.688. The van der Waals surface area contributed by atoms with Crippen LogP contribution in [0.15, 0.2) is 78.9 Å². The van der Waals surface area contributed by atoms with Crippen molar-refractivity contribution in [2.75, 3.05) is 53.7 Å². The number of benzene rings is 3. The number of hydrogen-bond donors (Lipinski definition) is 3. The molecule has 6 rings (SSSR count). The lowest BCUT2D eigenvalue weighted by Crippen LogP contribution is -2.47. The first-order valence-corrected chi connectivity index (χ1v) is 37.6. The molecule has 3 saturated heterocycles. The number of carbonyl (C=O) groups excluding carboxylic acids is 7. The number of unbranched alkanes of at least 4 members (excludes halogenated alkanes) is 8. The SMILES string of the molecule is CCC1OC(OCCCCC(=O)NCCCC[C@H](NC(=O)CCCCOC2OC(CC)C(C)C(C)C2C)C(=O)NCCCCCC(=O)CCCCCCC(=O)N2C[C@H](OC(=O)CCC(C)=O)C[C@H]2COC(c2ccccc2)(c2ccc(OC)cc2)c2ccc(OC)cc2)C(C)C(C)C1C. The first kappa shape index (κ1) is 81.7. The fourth-order valence-electron chi connectivity index (χ4n) is 14.2. The van der Waals surface area contributed by atoms with E-state index in [2.05, 4.69) is 71.3 Å². The molecule has 99 heavy (non-hydrogen) atoms. The molecular weight excluding hydrogens is 1260 g/mol. The normalized spacial score (nSPS) is 23.4. The van der Waals surface area contributed by atoms with Crippen molar-refractivity contribution in [2.45, 2.75) is 265 Å². The monoisotopic (exact) mass is 1380 g/mol. The van der Waals surface area contributed by atoms with Gasteiger partial charge in [-0.1, -0.05) is 129 Å². The quantitative estimate of drug-likeness (QED) is 0.0271. The second-order valence-electron chi connectivity index (χ2n) is 28.3. The van der Waals surface area contributed by atoms with Crippen molar-refractivity contribution in [3.63, 3.8) is 0 Å². The minimum Gasteiger partial charge on any atom is -0.497 e. The lowest BCUT2D eigenvalue weighted by Gasteiger charge is -2.43. The molecule has 552 valence electrons. The average molecular weight is 1380 g/mol. The van der Waals surface area contributed by atoms with E-state index in [1.807, 2.05) is 78.9 Å². The van der Waals surface area contributed by atoms with Crippen molar-refractivity contribution in [2.24, 2.45) is 35.5 Å². The number of ketones is 2. The van der Waals surface area contributed by atoms with E-state index < -0.39 is 29.8 Å². The number of carbonyl (C=O) groups is 7. The Morgan fingerprint density at radius 3 is 1.57 bits per heavy atom. The second kappa shape index (κ2) is 43.5. The van der Waals surface area contributed by atoms with Gasteiger partial charge in [-0.15, -0.1) is 0 Å². The van der Waals surface area contributed by atoms with Gasteiger partial charge in [0.1, 0.15) is 40.8 Å². The van der Waals surface area contributed by atoms with Crippen LogP contribution in [0.3, 0.4) is 0 Å². The van der Waals surface area contributed by atoms with Crippen LogP contribution in [0.5, 0.6) is 11.5 Å². The molecule has 3 aromatic rings. The van der Waals surface area contributed by atoms with Gasteiger partial charge in [0.2, 0.25) is 23.6 Å². The number of ether oxygens (including phenoxy) is 8. The van der Waals surface area contributed by atoms with Crippen LogP contribution in [0.1, 0.15) is 233 Å². The summed E-state index contributed by atoms with van der Waals surface area (Å²) in [4.78, 5) is 93.6. The summed E-state index contributed by atoms with van der Waals surface area (Å²) in [6.45, 7) is 21.4. The number of esters is 1. The minimum atomic E-state index is -1.13. The standard InChI is InChI=1S/C80H122N4O15/c1-12-71-58(6)56(4)60(8)78(98-71)94-50-28-24-35-73(87)81-48-27-23-34-70(83-74(88)36-25-29-51-95-79-61(9)57(5)59(7)72(13-2)99-79)77(91)82-49-26-17-21-33-66(86)32-20-14-15-22-37-75(89)84-53-69(97-76(90)47-38-55(3)85)52-65(84)54-96-80(62-30-18-16-19-31-62,63-39-43-67(92-10)44-40-63)64-41-45-68(93-11)46-42-64/h16,18-19,30-31,39-46,56-61,65,69-72,78-79H,12-15,17,20-29,32-38,47-54H2,1-11H3,(H,81,87)(H,82,91)(H,83,88)/t56?,57?,58?,59?,60?,61?,65-,69+,70-,71?,72?,78?,79?/m0/s1. The number of amides is 4. The molecule has 0 aliphatic carbocycles. The number of likely N-dealkylation sites (tertiary alicyclic amines) is 1. The van der Waals surface area contributed by atoms with E-state index in [9.17, 15) is 33.6 Å². The highest BCUT2D eigenvalue weighted by atomic mass is 16.7. The molecule has 3 N–H and O–H groups in total. The summed E-state index contributed by atoms with van der Waals surface area (Å²) in [6.07, 6.45) is 12.9. The molecule has 19 nitrogen and oxygen atoms in total. The Balaban J connectivity index is 0.920. The third-order valence-electron chi connectivity index (χ3n) is 21.2. The van der Waals surface area contributed by atoms with Crippen molar-refractivity contribution in [1.29, 1.82) is 0 Å². The minimum absolute atomic E-state index is 0.0160. The van der Waals surface area contributed by atoms with Crippen molar-refractivity contribution >= 4 is 41.2 Å². The maximum atomic E-state index is 14.3. The van der Waals surface area contributed by atoms with E-state index in [0.29, 0.717) is 157 Å². The second-order valence-corrected chi connectivity index (χ2v) is 28.3. The lowest BCUT2D eigenvalue weighted by molar-refractivity contribution is -0.248. The van der Waals surface area contributed by atoms with Gasteiger partial charge in [0.15, 0.2) is 12.6 Å². The van der Waals surface area contributed by atoms with Crippen molar-refractivity contribution in [3.05, 3.63) is 95.6 Å². The summed E-state index contributed by atoms with van der Waals surface area (Å²) in [5.41, 5.74) is 1.43. The molecule has 0 radical (unpaired) electrons. The van der Waals surface area contributed by atoms with Crippen molar-refractivity contribution in [3.8, 4) is 11.5 Å². The van der Waals surface area contributed by atoms with Crippen molar-refractivity contribution in [1.82, 2.24) is 20.9 Å². The zero-order valence-electron chi connectivity index (χ0n) is 61.8. The Kier molecular flexibility index (Phi) is 35.9. The van der Waals surface area contributed by atoms with Crippen LogP contribution in [0.2, 0.25) is 0 Å². The predicted molar refractivity (Wildman–Crippen MR) is 384 cm³/mol. The Morgan fingerprint density at radius 1 is 0.535 bits per heavy atom. The molecule has 0 bridgehead atoms. The average Bonchev–Trinajstić information content (AvgIpc) is 1.31. The van der Waals surface area contributed by atoms with Crippen LogP contribution in [0.4, 0.5) is 0 Å². The van der Waals surface area contributed by atoms with Gasteiger partial charge in [0, 0.05) is 83.1 Å². The molecule has 3 aromatic carbocycles. The smallest absolute Gasteiger partial charge is 0.306 e. The van der Waals surface area contributed by atoms with Gasteiger partial charge in [-0.05, 0) is 155 Å². The summed E-state index contributed by atoms with van der Waals surface area (Å²) < 4.78 is 49.2. The molecule has 3 fully saturated rings. The van der Waals surface area contributed by atoms with Gasteiger partial charge in [0.25, 0.3) is 0 Å². The molecule has 0 spiro atoms. The molecule has 4 amide bonds. The highest BCUT2D eigenvalue weighted by molar-refractivity contribution is 5.87. The van der Waals surface area contributed by atoms with Gasteiger partial charge in [-0.3, -0.25) is 28.8 Å². The van der Waals surface area contributed by atoms with Gasteiger partial charge >= 0.3 is 5.97 Å². The number of nitrogens with one attached hydrogen (secondary N) is 3. The summed E-state index contributed by atoms with van der Waals surface area (Å²) in [5, 5.41) is 9.07. The molecule has 3 heterocycles. The van der Waals surface area contributed by atoms with Crippen molar-refractivity contribution < 1.29 is 71.5 Å². The highest BCUT2D eigenvalue weighted by Crippen LogP contribution is 2.43. The van der Waals surface area contributed by atoms with Gasteiger partial charge < -0.3 is 63.5 Å². The van der Waals surface area contributed by atoms with Crippen LogP contribution in [0.25, 0.3) is 0 Å². The number of methoxy groups -OCH3 is 2. The van der Waals surface area contributed by atoms with Gasteiger partial charge in [-0.2, -0.15) is 0 Å². The predicted octanol–water partition coefficient (Wildman–Crippen LogP) is 13.7. The summed E-state index contributed by atoms with van der Waals surface area (Å²) in [5.74, 6) is 2.97. The van der Waals surface area contributed by atoms with Crippen LogP contribution in [-0.4, -0.2) is 143 Å². The number of rotatable bonds is 46. The van der Waals surface area contributed by atoms with Gasteiger partial charge in [0.05, 0.1) is 52.0 Å². The zero-order chi connectivity index (χ0) is 71.7. The largest absolute Gasteiger partial charge is 0.497 e. The highest BCUT2D eigenvalue weighted by Gasteiger charge is 2.44. The van der Waals surface area contributed by atoms with Crippen LogP contribution >= 0.6 is 0 Å². The van der Waals surface area contributed by atoms with E-state index in [0.717, 1.165) is 55.2 Å². The number of Topliss-reactive ketones (excluding diaryl/α,β-unsaturated/α-hetero) is 2. The molecule has 0 saturated carbocycles. The Labute approximate surface area is 592 Å². The summed E-state index contributed by atoms with van der Waals surface area (Å²) in [7, 11) is 3.24. The molecule has 3 aliphatic heterocycles. The fourth-order valence-corrected chi connectivity index (χ4v) is 14.2. The Bertz CT molecular complexity index is 2840. The van der Waals surface area contributed by atoms with Crippen LogP contribution in [0, 0.1) is 35.5 Å². The maximum absolute atomic E-state index is 14.3. The molecular formula is C80H122N4O15. The number of hydrogen-bond acceptors (Lipinski definition) is 15. The van der Waals surface area contributed by atoms with Crippen LogP contribution < -0.4 is 25.4 Å². The molecule has 10 unspecified atom stereocenters. The van der Waals surface area contributed by atoms with E-state index in [4.69, 9.17) is 37.9 Å². The number of nitrogens with zero attached hydrogens (tertiary/aromatic N) is 1.